The molecule has 2 aromatic rings. The Morgan fingerprint density at radius 3 is 2.42 bits per heavy atom. The molecule has 0 aromatic heterocycles. The zero-order chi connectivity index (χ0) is 21.2. The molecule has 0 spiro atoms. The number of anilines is 2. The second-order valence-electron chi connectivity index (χ2n) is 8.21. The summed E-state index contributed by atoms with van der Waals surface area (Å²) in [6, 6.07) is 19.4. The topological polar surface area (TPSA) is 6.48 Å². The summed E-state index contributed by atoms with van der Waals surface area (Å²) in [4.78, 5) is 4.73. The summed E-state index contributed by atoms with van der Waals surface area (Å²) in [7, 11) is 0. The average molecular weight is 405 g/mol. The van der Waals surface area contributed by atoms with Crippen LogP contribution in [-0.2, 0) is 0 Å². The van der Waals surface area contributed by atoms with E-state index in [1.807, 2.05) is 0 Å². The van der Waals surface area contributed by atoms with Crippen LogP contribution in [0.3, 0.4) is 0 Å². The Bertz CT molecular complexity index is 1160. The lowest BCUT2D eigenvalue weighted by Crippen LogP contribution is -2.23. The van der Waals surface area contributed by atoms with Gasteiger partial charge in [-0.15, -0.1) is 0 Å². The van der Waals surface area contributed by atoms with Gasteiger partial charge in [0.05, 0.1) is 5.69 Å². The summed E-state index contributed by atoms with van der Waals surface area (Å²) < 4.78 is 0. The number of allylic oxidation sites excluding steroid dienone is 9. The van der Waals surface area contributed by atoms with Crippen molar-refractivity contribution in [1.82, 2.24) is 4.90 Å². The molecule has 3 aliphatic rings. The number of hydrogen-bond acceptors (Lipinski definition) is 2. The van der Waals surface area contributed by atoms with Crippen LogP contribution in [0.1, 0.15) is 38.2 Å². The van der Waals surface area contributed by atoms with Crippen molar-refractivity contribution >= 4 is 16.9 Å². The number of fused-ring (bicyclic) bond motifs is 3. The van der Waals surface area contributed by atoms with Gasteiger partial charge in [0.2, 0.25) is 0 Å². The van der Waals surface area contributed by atoms with Gasteiger partial charge < -0.3 is 9.80 Å². The third-order valence-corrected chi connectivity index (χ3v) is 6.11. The molecule has 0 amide bonds. The summed E-state index contributed by atoms with van der Waals surface area (Å²) in [5.74, 6) is 0. The van der Waals surface area contributed by atoms with Gasteiger partial charge in [0.15, 0.2) is 0 Å². The van der Waals surface area contributed by atoms with Gasteiger partial charge in [0.1, 0.15) is 0 Å². The smallest absolute Gasteiger partial charge is 0.0537 e. The minimum Gasteiger partial charge on any atom is -0.314 e. The van der Waals surface area contributed by atoms with Crippen molar-refractivity contribution in [2.75, 3.05) is 4.90 Å². The molecule has 2 aromatic carbocycles. The highest BCUT2D eigenvalue weighted by Gasteiger charge is 2.28. The van der Waals surface area contributed by atoms with Gasteiger partial charge in [-0.25, -0.2) is 0 Å². The van der Waals surface area contributed by atoms with Crippen LogP contribution in [0.2, 0.25) is 0 Å². The first-order valence-corrected chi connectivity index (χ1v) is 11.1. The van der Waals surface area contributed by atoms with E-state index in [0.29, 0.717) is 0 Å². The fourth-order valence-electron chi connectivity index (χ4n) is 4.77. The fourth-order valence-corrected chi connectivity index (χ4v) is 4.77. The molecule has 1 aliphatic heterocycles. The molecule has 2 heteroatoms. The monoisotopic (exact) mass is 404 g/mol. The van der Waals surface area contributed by atoms with E-state index in [4.69, 9.17) is 0 Å². The molecule has 31 heavy (non-hydrogen) atoms. The van der Waals surface area contributed by atoms with E-state index in [0.717, 1.165) is 42.8 Å². The van der Waals surface area contributed by atoms with E-state index in [1.165, 1.54) is 28.2 Å². The molecule has 0 radical (unpaired) electrons. The molecule has 2 nitrogen and oxygen atoms in total. The van der Waals surface area contributed by atoms with Gasteiger partial charge in [-0.2, -0.15) is 0 Å². The standard InChI is InChI=1S/C29H28N2/c1-22-21-23(2)31(25-15-7-4-8-16-25)29-20-12-10-18-27(29)26-17-9-11-19-28(26)30(22)24-13-5-3-6-14-24/h3-5,7-8,10,12-13,15-21H,1,6,9,11,14H2,2H3/b23-21+. The third-order valence-electron chi connectivity index (χ3n) is 6.11. The van der Waals surface area contributed by atoms with Gasteiger partial charge in [-0.05, 0) is 63.0 Å². The summed E-state index contributed by atoms with van der Waals surface area (Å²) in [5, 5.41) is 0. The highest BCUT2D eigenvalue weighted by atomic mass is 15.2. The lowest BCUT2D eigenvalue weighted by Gasteiger charge is -2.34. The Morgan fingerprint density at radius 2 is 1.61 bits per heavy atom. The molecular weight excluding hydrogens is 376 g/mol. The first-order valence-electron chi connectivity index (χ1n) is 11.1. The van der Waals surface area contributed by atoms with Gasteiger partial charge in [0.25, 0.3) is 0 Å². The zero-order valence-electron chi connectivity index (χ0n) is 18.1. The first-order chi connectivity index (χ1) is 15.2. The van der Waals surface area contributed by atoms with E-state index in [-0.39, 0.29) is 0 Å². The van der Waals surface area contributed by atoms with Crippen LogP contribution >= 0.6 is 0 Å². The maximum Gasteiger partial charge on any atom is 0.0537 e. The van der Waals surface area contributed by atoms with Crippen LogP contribution in [0.4, 0.5) is 11.4 Å². The van der Waals surface area contributed by atoms with Crippen molar-refractivity contribution < 1.29 is 0 Å². The van der Waals surface area contributed by atoms with Crippen molar-refractivity contribution in [2.45, 2.75) is 32.6 Å². The van der Waals surface area contributed by atoms with Crippen molar-refractivity contribution in [2.24, 2.45) is 0 Å². The largest absolute Gasteiger partial charge is 0.314 e. The molecule has 0 saturated carbocycles. The highest BCUT2D eigenvalue weighted by molar-refractivity contribution is 5.90. The van der Waals surface area contributed by atoms with Crippen LogP contribution in [-0.4, -0.2) is 4.90 Å². The molecule has 0 unspecified atom stereocenters. The number of benzene rings is 2. The summed E-state index contributed by atoms with van der Waals surface area (Å²) in [6.45, 7) is 6.72. The second kappa shape index (κ2) is 8.31. The molecule has 1 heterocycles. The lowest BCUT2D eigenvalue weighted by molar-refractivity contribution is 0.529. The quantitative estimate of drug-likeness (QED) is 0.503. The number of nitrogens with zero attached hydrogens (tertiary/aromatic N) is 2. The highest BCUT2D eigenvalue weighted by Crippen LogP contribution is 2.44. The SMILES string of the molecule is C=C1/C=C(\C)N(c2ccccc2)c2ccccc2C2=CCCC=C2N1C1=CC=CCC1. The average Bonchev–Trinajstić information content (AvgIpc) is 2.85. The predicted molar refractivity (Wildman–Crippen MR) is 132 cm³/mol. The molecule has 5 rings (SSSR count). The fraction of sp³-hybridized carbons (Fsp3) is 0.172. The molecule has 0 bridgehead atoms. The van der Waals surface area contributed by atoms with E-state index >= 15 is 0 Å². The molecule has 0 atom stereocenters. The van der Waals surface area contributed by atoms with E-state index < -0.39 is 0 Å². The summed E-state index contributed by atoms with van der Waals surface area (Å²) >= 11 is 0. The molecule has 2 aliphatic carbocycles. The van der Waals surface area contributed by atoms with Crippen LogP contribution in [0.15, 0.2) is 120 Å². The Balaban J connectivity index is 1.77. The Morgan fingerprint density at radius 1 is 0.839 bits per heavy atom. The Labute approximate surface area is 185 Å². The van der Waals surface area contributed by atoms with Crippen LogP contribution in [0.25, 0.3) is 5.57 Å². The minimum absolute atomic E-state index is 1.01. The van der Waals surface area contributed by atoms with Gasteiger partial charge in [-0.3, -0.25) is 0 Å². The molecule has 154 valence electrons. The molecule has 0 fully saturated rings. The number of rotatable bonds is 2. The number of hydrogen-bond donors (Lipinski definition) is 0. The van der Waals surface area contributed by atoms with Crippen molar-refractivity contribution in [1.29, 1.82) is 0 Å². The maximum absolute atomic E-state index is 4.54. The van der Waals surface area contributed by atoms with E-state index in [2.05, 4.69) is 114 Å². The maximum atomic E-state index is 4.54. The summed E-state index contributed by atoms with van der Waals surface area (Å²) in [5.41, 5.74) is 9.64. The summed E-state index contributed by atoms with van der Waals surface area (Å²) in [6.07, 6.45) is 17.9. The van der Waals surface area contributed by atoms with Crippen LogP contribution < -0.4 is 4.90 Å². The zero-order valence-corrected chi connectivity index (χ0v) is 18.1. The van der Waals surface area contributed by atoms with E-state index in [9.17, 15) is 0 Å². The molecular formula is C29H28N2. The van der Waals surface area contributed by atoms with Gasteiger partial charge >= 0.3 is 0 Å². The Kier molecular flexibility index (Phi) is 5.21. The third kappa shape index (κ3) is 3.59. The van der Waals surface area contributed by atoms with Crippen LogP contribution in [0, 0.1) is 0 Å². The van der Waals surface area contributed by atoms with Gasteiger partial charge in [-0.1, -0.05) is 67.3 Å². The van der Waals surface area contributed by atoms with Crippen molar-refractivity contribution in [3.63, 3.8) is 0 Å². The Hall–Kier alpha value is -3.52. The van der Waals surface area contributed by atoms with Crippen LogP contribution in [0.5, 0.6) is 0 Å². The normalized spacial score (nSPS) is 20.2. The first kappa shape index (κ1) is 19.4. The van der Waals surface area contributed by atoms with E-state index in [1.54, 1.807) is 0 Å². The number of para-hydroxylation sites is 2. The minimum atomic E-state index is 1.01. The molecule has 0 N–H and O–H groups in total. The van der Waals surface area contributed by atoms with Gasteiger partial charge in [0, 0.05) is 39.6 Å². The second-order valence-corrected chi connectivity index (χ2v) is 8.21. The van der Waals surface area contributed by atoms with Crippen molar-refractivity contribution in [3.05, 3.63) is 126 Å². The lowest BCUT2D eigenvalue weighted by atomic mass is 9.92. The molecule has 0 saturated heterocycles. The van der Waals surface area contributed by atoms with Crippen molar-refractivity contribution in [3.8, 4) is 0 Å². The predicted octanol–water partition coefficient (Wildman–Crippen LogP) is 7.85.